The van der Waals surface area contributed by atoms with Gasteiger partial charge in [0.05, 0.1) is 156 Å². The van der Waals surface area contributed by atoms with Gasteiger partial charge in [0.25, 0.3) is 0 Å². The average Bonchev–Trinajstić information content (AvgIpc) is 1.53. The number of cyclic esters (lactones) is 6. The summed E-state index contributed by atoms with van der Waals surface area (Å²) in [5, 5.41) is 15.7. The van der Waals surface area contributed by atoms with Crippen LogP contribution in [-0.4, -0.2) is 245 Å². The normalized spacial score (nSPS) is 23.9. The van der Waals surface area contributed by atoms with E-state index in [-0.39, 0.29) is 175 Å². The summed E-state index contributed by atoms with van der Waals surface area (Å²) in [7, 11) is 8.77. The number of benzene rings is 6. The van der Waals surface area contributed by atoms with Crippen molar-refractivity contribution in [1.82, 2.24) is 41.0 Å². The number of nitrogens with zero attached hydrogens (tertiary/aromatic N) is 12. The lowest BCUT2D eigenvalue weighted by molar-refractivity contribution is -0.141. The second-order valence-corrected chi connectivity index (χ2v) is 37.2. The number of rotatable bonds is 12. The third kappa shape index (κ3) is 15.9. The fourth-order valence-electron chi connectivity index (χ4n) is 22.0. The highest BCUT2D eigenvalue weighted by Crippen LogP contribution is 2.57. The summed E-state index contributed by atoms with van der Waals surface area (Å²) in [6.45, 7) is 9.30. The molecule has 145 heavy (non-hydrogen) atoms. The number of carbonyl (C=O) groups excluding carboxylic acids is 16. The zero-order chi connectivity index (χ0) is 104. The summed E-state index contributed by atoms with van der Waals surface area (Å²) in [6, 6.07) is 11.6. The maximum absolute atomic E-state index is 14.5. The molecule has 6 aromatic carbocycles. The van der Waals surface area contributed by atoms with Crippen LogP contribution in [0.4, 0.5) is 116 Å². The number of likely N-dealkylation sites (N-methyl/N-ethyl adjacent to an activating group) is 4. The predicted octanol–water partition coefficient (Wildman–Crippen LogP) is 4.92. The Kier molecular flexibility index (Phi) is 24.0. The first-order chi connectivity index (χ1) is 68.6. The molecule has 0 unspecified atom stereocenters. The first-order valence-electron chi connectivity index (χ1n) is 45.8. The molecule has 18 heterocycles. The number of amides is 16. The molecule has 0 saturated carbocycles. The number of oxazole rings is 2. The summed E-state index contributed by atoms with van der Waals surface area (Å²) < 4.78 is 146. The van der Waals surface area contributed by atoms with Crippen molar-refractivity contribution in [3.05, 3.63) is 149 Å². The number of nitrogens with one attached hydrogen (secondary N) is 6. The van der Waals surface area contributed by atoms with E-state index in [1.165, 1.54) is 98.0 Å². The molecule has 0 aliphatic carbocycles. The lowest BCUT2D eigenvalue weighted by Crippen LogP contribution is -2.40. The van der Waals surface area contributed by atoms with Crippen molar-refractivity contribution in [2.24, 2.45) is 14.1 Å². The summed E-state index contributed by atoms with van der Waals surface area (Å²) >= 11 is 0. The van der Waals surface area contributed by atoms with E-state index >= 15 is 0 Å². The van der Waals surface area contributed by atoms with Crippen molar-refractivity contribution in [1.29, 1.82) is 0 Å². The van der Waals surface area contributed by atoms with Crippen molar-refractivity contribution in [3.8, 4) is 0 Å². The molecular weight excluding hydrogens is 1930 g/mol. The van der Waals surface area contributed by atoms with E-state index in [1.807, 2.05) is 12.1 Å². The molecule has 0 bridgehead atoms. The molecule has 24 rings (SSSR count). The minimum Gasteiger partial charge on any atom is -0.442 e. The van der Waals surface area contributed by atoms with E-state index in [0.29, 0.717) is 94.2 Å². The maximum Gasteiger partial charge on any atom is 0.419 e. The third-order valence-electron chi connectivity index (χ3n) is 28.7. The SMILES string of the molecule is CC(=O)NC[C@@H]1OC(=O)N2c3cc(F)c4c(c3C[C@@H]12)C(F)(F)C(=O)N4C.CC(=O)NC[C@@H]1OC(=O)N2c3cc(F)c4c(c3C[C@@H]12)CC(=O)N4C.CC(=O)NC[C@@H]1OC(=O)N2c3cc(F)c4c(oc(=O)n4C)c3C[C@@H]12.CC(=O)NC[C@@H]1OC(=O)N2c3ccc4c(c3C[C@@H]12)C(F)(F)C(=O)N4C.CC(=O)NC[C@@H]1OC(=O)N2c3ccc4c(c3C[C@@H]12)CC(=O)N4C.CC(=O)NC[C@@H]1OC(=O)N2c3ccc4c(oc(=O)n4C)c3C[C@@H]12. The van der Waals surface area contributed by atoms with E-state index in [9.17, 15) is 117 Å². The van der Waals surface area contributed by atoms with E-state index in [1.54, 1.807) is 54.0 Å². The van der Waals surface area contributed by atoms with Crippen LogP contribution in [0.3, 0.4) is 0 Å². The molecule has 16 aliphatic heterocycles. The summed E-state index contributed by atoms with van der Waals surface area (Å²) in [5.41, 5.74) is 9.25. The molecule has 6 fully saturated rings. The lowest BCUT2D eigenvalue weighted by Gasteiger charge is -2.17. The number of fused-ring (bicyclic) bond motifs is 30. The van der Waals surface area contributed by atoms with Crippen LogP contribution in [0.5, 0.6) is 0 Å². The second kappa shape index (κ2) is 35.7. The van der Waals surface area contributed by atoms with Gasteiger partial charge >= 0.3 is 71.7 Å². The standard InChI is InChI=1S/C16H14F3N3O4.C16H15F2N3O4.C16H16FN3O4.C16H17N3O4.C15H14FN3O5.C15H15N3O5/c1-6(23)20-5-11-10-3-7-9(22(10)15(25)26-11)4-8(17)13-12(7)16(18,19)14(24)21(13)2;1-7(22)19-6-12-11-5-8-9(21(11)15(24)25-12)3-4-10-13(8)16(17,18)14(23)20(10)2;1-7(21)18-6-13-12-3-8-9-4-14(22)19(2)15(9)10(17)5-11(8)20(12)16(23)24-13;1-8(20)17-7-14-13-5-9-10-6-15(21)18(2)11(10)3-4-12(9)19(13)16(22)23-14;1-6(20)17-5-11-10-3-7-9(19(10)15(22)23-11)4-8(16)12-13(7)24-14(21)18(12)2;1-7(19)16-6-12-11-5-8-9(18(11)15(21)22-12)3-4-10-13(8)23-14(20)17(10)2/h4,10-11H,3,5H2,1-2H3,(H,20,23);3-4,11-12H,5-6H2,1-2H3,(H,19,22);5,12-13H,3-4,6H2,1-2H3,(H,18,21);3-4,13-14H,5-7H2,1-2H3,(H,17,20);4,10-11H,3,5H2,1-2H3,(H,17,20);3-4,11-12H,5-6H2,1-2H3,(H,16,19)/t10-,11-;11-,12-;12-,13-;13-,14-;10-,11-;11-,12-/m000000/s1. The van der Waals surface area contributed by atoms with Crippen LogP contribution in [0.15, 0.2) is 73.0 Å². The molecule has 51 heteroatoms. The summed E-state index contributed by atoms with van der Waals surface area (Å²) in [4.78, 5) is 224. The van der Waals surface area contributed by atoms with Crippen molar-refractivity contribution in [2.45, 2.75) is 178 Å². The fourth-order valence-corrected chi connectivity index (χ4v) is 22.0. The van der Waals surface area contributed by atoms with E-state index in [4.69, 9.17) is 37.3 Å². The van der Waals surface area contributed by atoms with Gasteiger partial charge in [0.1, 0.15) is 53.8 Å². The molecule has 762 valence electrons. The molecule has 16 aliphatic rings. The van der Waals surface area contributed by atoms with Crippen molar-refractivity contribution in [3.63, 3.8) is 0 Å². The highest BCUT2D eigenvalue weighted by molar-refractivity contribution is 6.11. The Morgan fingerprint density at radius 2 is 0.614 bits per heavy atom. The van der Waals surface area contributed by atoms with Gasteiger partial charge in [-0.25, -0.2) is 51.5 Å². The Hall–Kier alpha value is -16.3. The zero-order valence-corrected chi connectivity index (χ0v) is 79.2. The number of carbonyl (C=O) groups is 16. The maximum atomic E-state index is 14.5. The molecule has 0 spiro atoms. The number of hydrogen-bond donors (Lipinski definition) is 6. The lowest BCUT2D eigenvalue weighted by atomic mass is 9.96. The van der Waals surface area contributed by atoms with Gasteiger partial charge in [-0.15, -0.1) is 0 Å². The van der Waals surface area contributed by atoms with Gasteiger partial charge in [-0.2, -0.15) is 17.6 Å². The Balaban J connectivity index is 0.000000110. The van der Waals surface area contributed by atoms with Crippen LogP contribution >= 0.6 is 0 Å². The Morgan fingerprint density at radius 3 is 1.05 bits per heavy atom. The second-order valence-electron chi connectivity index (χ2n) is 37.2. The van der Waals surface area contributed by atoms with Gasteiger partial charge in [-0.05, 0) is 95.5 Å². The summed E-state index contributed by atoms with van der Waals surface area (Å²) in [6.07, 6.45) is -4.03. The van der Waals surface area contributed by atoms with Crippen LogP contribution in [0.1, 0.15) is 97.2 Å². The highest BCUT2D eigenvalue weighted by atomic mass is 19.3. The largest absolute Gasteiger partial charge is 0.442 e. The number of hydrogen-bond acceptors (Lipinski definition) is 26. The predicted molar refractivity (Wildman–Crippen MR) is 491 cm³/mol. The first kappa shape index (κ1) is 97.5. The number of ether oxygens (including phenoxy) is 6. The van der Waals surface area contributed by atoms with Crippen LogP contribution in [-0.2, 0) is 154 Å². The van der Waals surface area contributed by atoms with Crippen LogP contribution < -0.4 is 92.4 Å². The molecule has 16 amide bonds. The molecule has 44 nitrogen and oxygen atoms in total. The molecule has 6 N–H and O–H groups in total. The Bertz CT molecular complexity index is 7240. The minimum absolute atomic E-state index is 0.0100. The van der Waals surface area contributed by atoms with E-state index < -0.39 is 137 Å². The number of anilines is 10. The quantitative estimate of drug-likeness (QED) is 0.0698. The molecular formula is C94H91F7N18O26. The van der Waals surface area contributed by atoms with Crippen LogP contribution in [0.25, 0.3) is 22.2 Å². The first-order valence-corrected chi connectivity index (χ1v) is 45.8. The van der Waals surface area contributed by atoms with Crippen LogP contribution in [0, 0.1) is 17.5 Å². The minimum atomic E-state index is -3.87. The summed E-state index contributed by atoms with van der Waals surface area (Å²) in [5.74, 6) is -15.0. The van der Waals surface area contributed by atoms with E-state index in [2.05, 4.69) is 31.9 Å². The topological polar surface area (TPSA) is 503 Å². The zero-order valence-electron chi connectivity index (χ0n) is 79.2. The fraction of sp³-hybridized carbons (Fsp3) is 0.426. The van der Waals surface area contributed by atoms with Gasteiger partial charge in [0.2, 0.25) is 47.3 Å². The number of aryl methyl sites for hydroxylation is 2. The monoisotopic (exact) mass is 2020 g/mol. The van der Waals surface area contributed by atoms with Crippen molar-refractivity contribution >= 4 is 175 Å². The van der Waals surface area contributed by atoms with Gasteiger partial charge in [0.15, 0.2) is 17.0 Å². The smallest absolute Gasteiger partial charge is 0.419 e. The van der Waals surface area contributed by atoms with Gasteiger partial charge in [-0.1, -0.05) is 0 Å². The Morgan fingerprint density at radius 1 is 0.317 bits per heavy atom. The Labute approximate surface area is 814 Å². The molecule has 6 saturated heterocycles. The number of alkyl halides is 4. The average molecular weight is 2020 g/mol. The third-order valence-corrected chi connectivity index (χ3v) is 28.7. The molecule has 12 atom stereocenters. The van der Waals surface area contributed by atoms with Gasteiger partial charge < -0.3 is 88.8 Å². The molecule has 0 radical (unpaired) electrons. The number of aromatic nitrogens is 2. The number of halogens is 7. The highest BCUT2D eigenvalue weighted by Gasteiger charge is 2.62. The van der Waals surface area contributed by atoms with Gasteiger partial charge in [-0.3, -0.25) is 86.5 Å². The molecule has 8 aromatic rings. The van der Waals surface area contributed by atoms with Crippen LogP contribution in [0.2, 0.25) is 0 Å². The van der Waals surface area contributed by atoms with E-state index in [0.717, 1.165) is 61.1 Å². The van der Waals surface area contributed by atoms with Crippen molar-refractivity contribution < 1.29 is 145 Å². The van der Waals surface area contributed by atoms with Crippen molar-refractivity contribution in [2.75, 3.05) is 116 Å². The molecule has 2 aromatic heterocycles. The van der Waals surface area contributed by atoms with Gasteiger partial charge in [0, 0.05) is 132 Å².